The lowest BCUT2D eigenvalue weighted by molar-refractivity contribution is -0.132. The summed E-state index contributed by atoms with van der Waals surface area (Å²) >= 11 is 0. The van der Waals surface area contributed by atoms with Gasteiger partial charge in [0.25, 0.3) is 0 Å². The van der Waals surface area contributed by atoms with Crippen molar-refractivity contribution in [2.24, 2.45) is 4.99 Å². The van der Waals surface area contributed by atoms with E-state index in [1.165, 1.54) is 0 Å². The minimum Gasteiger partial charge on any atom is -0.489 e. The van der Waals surface area contributed by atoms with Crippen molar-refractivity contribution < 1.29 is 17.9 Å². The number of alkyl halides is 3. The molecular formula is C20H25F3IN3O. The number of nitrogens with zero attached hydrogens (tertiary/aromatic N) is 1. The Balaban J connectivity index is 0.00000392. The van der Waals surface area contributed by atoms with Gasteiger partial charge >= 0.3 is 6.18 Å². The van der Waals surface area contributed by atoms with Crippen LogP contribution in [0.3, 0.4) is 0 Å². The highest BCUT2D eigenvalue weighted by Gasteiger charge is 2.26. The van der Waals surface area contributed by atoms with Crippen molar-refractivity contribution in [3.63, 3.8) is 0 Å². The number of benzene rings is 2. The monoisotopic (exact) mass is 507 g/mol. The van der Waals surface area contributed by atoms with Gasteiger partial charge in [-0.25, -0.2) is 4.99 Å². The molecule has 0 bridgehead atoms. The van der Waals surface area contributed by atoms with E-state index in [-0.39, 0.29) is 30.5 Å². The Kier molecular flexibility index (Phi) is 10.7. The second-order valence-electron chi connectivity index (χ2n) is 5.91. The first kappa shape index (κ1) is 24.1. The molecule has 0 radical (unpaired) electrons. The highest BCUT2D eigenvalue weighted by molar-refractivity contribution is 14.0. The molecule has 2 rings (SSSR count). The molecule has 8 heteroatoms. The highest BCUT2D eigenvalue weighted by atomic mass is 127. The minimum atomic E-state index is -4.19. The normalized spacial score (nSPS) is 11.5. The summed E-state index contributed by atoms with van der Waals surface area (Å²) in [6.07, 6.45) is -5.09. The molecule has 0 aliphatic heterocycles. The predicted octanol–water partition coefficient (Wildman–Crippen LogP) is 4.89. The fourth-order valence-electron chi connectivity index (χ4n) is 2.31. The van der Waals surface area contributed by atoms with E-state index in [1.54, 1.807) is 0 Å². The molecule has 154 valence electrons. The van der Waals surface area contributed by atoms with Gasteiger partial charge in [-0.15, -0.1) is 24.0 Å². The lowest BCUT2D eigenvalue weighted by atomic mass is 10.2. The Morgan fingerprint density at radius 1 is 1.00 bits per heavy atom. The maximum absolute atomic E-state index is 12.3. The third kappa shape index (κ3) is 9.82. The first-order chi connectivity index (χ1) is 13.0. The van der Waals surface area contributed by atoms with Crippen LogP contribution in [0.1, 0.15) is 24.5 Å². The molecular weight excluding hydrogens is 482 g/mol. The summed E-state index contributed by atoms with van der Waals surface area (Å²) in [6.45, 7) is 3.02. The summed E-state index contributed by atoms with van der Waals surface area (Å²) in [7, 11) is 0. The van der Waals surface area contributed by atoms with E-state index in [0.29, 0.717) is 25.7 Å². The van der Waals surface area contributed by atoms with E-state index in [4.69, 9.17) is 4.74 Å². The minimum absolute atomic E-state index is 0. The van der Waals surface area contributed by atoms with Crippen LogP contribution in [0.5, 0.6) is 5.75 Å². The van der Waals surface area contributed by atoms with E-state index in [9.17, 15) is 13.2 Å². The van der Waals surface area contributed by atoms with Crippen molar-refractivity contribution in [1.29, 1.82) is 0 Å². The molecule has 0 aromatic heterocycles. The van der Waals surface area contributed by atoms with E-state index < -0.39 is 12.6 Å². The van der Waals surface area contributed by atoms with E-state index >= 15 is 0 Å². The predicted molar refractivity (Wildman–Crippen MR) is 116 cm³/mol. The van der Waals surface area contributed by atoms with Gasteiger partial charge in [0, 0.05) is 13.1 Å². The molecule has 0 heterocycles. The van der Waals surface area contributed by atoms with Gasteiger partial charge in [0.2, 0.25) is 0 Å². The molecule has 0 unspecified atom stereocenters. The summed E-state index contributed by atoms with van der Waals surface area (Å²) < 4.78 is 42.6. The molecule has 0 saturated heterocycles. The number of aliphatic imine (C=N–C) groups is 1. The first-order valence-corrected chi connectivity index (χ1v) is 8.81. The van der Waals surface area contributed by atoms with Crippen LogP contribution in [0.25, 0.3) is 0 Å². The molecule has 0 spiro atoms. The first-order valence-electron chi connectivity index (χ1n) is 8.81. The van der Waals surface area contributed by atoms with Gasteiger partial charge in [0.15, 0.2) is 5.96 Å². The fourth-order valence-corrected chi connectivity index (χ4v) is 2.31. The molecule has 0 atom stereocenters. The van der Waals surface area contributed by atoms with Crippen molar-refractivity contribution in [1.82, 2.24) is 10.6 Å². The molecule has 0 aliphatic rings. The fraction of sp³-hybridized carbons (Fsp3) is 0.350. The van der Waals surface area contributed by atoms with E-state index in [1.807, 2.05) is 61.5 Å². The van der Waals surface area contributed by atoms with Crippen LogP contribution >= 0.6 is 24.0 Å². The van der Waals surface area contributed by atoms with Crippen molar-refractivity contribution in [3.05, 3.63) is 65.7 Å². The molecule has 0 fully saturated rings. The lowest BCUT2D eigenvalue weighted by Crippen LogP contribution is -2.38. The maximum Gasteiger partial charge on any atom is 0.390 e. The average molecular weight is 507 g/mol. The molecule has 2 aromatic rings. The summed E-state index contributed by atoms with van der Waals surface area (Å²) in [5.41, 5.74) is 1.98. The van der Waals surface area contributed by atoms with E-state index in [0.717, 1.165) is 16.9 Å². The molecule has 0 amide bonds. The van der Waals surface area contributed by atoms with Gasteiger partial charge in [-0.05, 0) is 30.2 Å². The lowest BCUT2D eigenvalue weighted by Gasteiger charge is -2.12. The standard InChI is InChI=1S/C20H24F3N3O.HI/c1-2-24-19(25-12-11-20(21,22)23)26-14-17-9-6-10-18(13-17)27-15-16-7-4-3-5-8-16;/h3-10,13H,2,11-12,14-15H2,1H3,(H2,24,25,26);1H. The Bertz CT molecular complexity index is 724. The van der Waals surface area contributed by atoms with Crippen LogP contribution < -0.4 is 15.4 Å². The van der Waals surface area contributed by atoms with Crippen molar-refractivity contribution in [3.8, 4) is 5.75 Å². The molecule has 28 heavy (non-hydrogen) atoms. The Morgan fingerprint density at radius 2 is 1.71 bits per heavy atom. The van der Waals surface area contributed by atoms with Crippen LogP contribution in [0.2, 0.25) is 0 Å². The van der Waals surface area contributed by atoms with Crippen LogP contribution in [0, 0.1) is 0 Å². The van der Waals surface area contributed by atoms with Crippen LogP contribution in [-0.4, -0.2) is 25.2 Å². The van der Waals surface area contributed by atoms with Crippen LogP contribution in [0.15, 0.2) is 59.6 Å². The average Bonchev–Trinajstić information content (AvgIpc) is 2.65. The Labute approximate surface area is 180 Å². The summed E-state index contributed by atoms with van der Waals surface area (Å²) in [4.78, 5) is 4.33. The summed E-state index contributed by atoms with van der Waals surface area (Å²) in [5.74, 6) is 1.08. The molecule has 2 aromatic carbocycles. The molecule has 2 N–H and O–H groups in total. The summed E-state index contributed by atoms with van der Waals surface area (Å²) in [5, 5.41) is 5.64. The maximum atomic E-state index is 12.3. The SMILES string of the molecule is CCNC(=NCc1cccc(OCc2ccccc2)c1)NCCC(F)(F)F.I. The Morgan fingerprint density at radius 3 is 2.39 bits per heavy atom. The van der Waals surface area contributed by atoms with Gasteiger partial charge in [-0.3, -0.25) is 0 Å². The third-order valence-corrected chi connectivity index (χ3v) is 3.61. The van der Waals surface area contributed by atoms with Crippen LogP contribution in [-0.2, 0) is 13.2 Å². The number of hydrogen-bond acceptors (Lipinski definition) is 2. The van der Waals surface area contributed by atoms with Crippen molar-refractivity contribution in [2.45, 2.75) is 32.7 Å². The number of rotatable bonds is 8. The smallest absolute Gasteiger partial charge is 0.390 e. The zero-order valence-electron chi connectivity index (χ0n) is 15.6. The zero-order valence-corrected chi connectivity index (χ0v) is 18.0. The highest BCUT2D eigenvalue weighted by Crippen LogP contribution is 2.18. The van der Waals surface area contributed by atoms with Crippen LogP contribution in [0.4, 0.5) is 13.2 Å². The summed E-state index contributed by atoms with van der Waals surface area (Å²) in [6, 6.07) is 17.4. The van der Waals surface area contributed by atoms with Gasteiger partial charge in [0.05, 0.1) is 13.0 Å². The second-order valence-corrected chi connectivity index (χ2v) is 5.91. The van der Waals surface area contributed by atoms with Gasteiger partial charge in [0.1, 0.15) is 12.4 Å². The molecule has 0 saturated carbocycles. The van der Waals surface area contributed by atoms with E-state index in [2.05, 4.69) is 15.6 Å². The number of nitrogens with one attached hydrogen (secondary N) is 2. The van der Waals surface area contributed by atoms with Crippen molar-refractivity contribution >= 4 is 29.9 Å². The number of hydrogen-bond donors (Lipinski definition) is 2. The Hall–Kier alpha value is -1.97. The number of halogens is 4. The largest absolute Gasteiger partial charge is 0.489 e. The second kappa shape index (κ2) is 12.5. The van der Waals surface area contributed by atoms with Gasteiger partial charge < -0.3 is 15.4 Å². The number of ether oxygens (including phenoxy) is 1. The van der Waals surface area contributed by atoms with Gasteiger partial charge in [-0.2, -0.15) is 13.2 Å². The van der Waals surface area contributed by atoms with Gasteiger partial charge in [-0.1, -0.05) is 42.5 Å². The van der Waals surface area contributed by atoms with Crippen molar-refractivity contribution in [2.75, 3.05) is 13.1 Å². The number of guanidine groups is 1. The topological polar surface area (TPSA) is 45.7 Å². The molecule has 4 nitrogen and oxygen atoms in total. The zero-order chi connectivity index (χ0) is 19.5. The molecule has 0 aliphatic carbocycles. The third-order valence-electron chi connectivity index (χ3n) is 3.61. The quantitative estimate of drug-likeness (QED) is 0.304.